The van der Waals surface area contributed by atoms with Gasteiger partial charge in [0.15, 0.2) is 0 Å². The summed E-state index contributed by atoms with van der Waals surface area (Å²) in [7, 11) is -2.58. The van der Waals surface area contributed by atoms with Gasteiger partial charge >= 0.3 is 0 Å². The van der Waals surface area contributed by atoms with Crippen molar-refractivity contribution in [3.63, 3.8) is 0 Å². The predicted octanol–water partition coefficient (Wildman–Crippen LogP) is 5.16. The summed E-state index contributed by atoms with van der Waals surface area (Å²) in [6.07, 6.45) is 1.28. The molecule has 0 saturated heterocycles. The molecule has 0 bridgehead atoms. The van der Waals surface area contributed by atoms with Crippen molar-refractivity contribution in [1.82, 2.24) is 9.71 Å². The topological polar surface area (TPSA) is 85.4 Å². The second kappa shape index (κ2) is 9.84. The van der Waals surface area contributed by atoms with Gasteiger partial charge in [0.1, 0.15) is 10.0 Å². The SMILES string of the molecule is C=C(C)c1csc(S(=O)(=O)NC(=O)Cc2c(-c3ccnc(OC)c3)cc(F)cc2C(C)C)c1. The minimum atomic E-state index is -4.05. The zero-order valence-electron chi connectivity index (χ0n) is 18.8. The fraction of sp³-hybridized carbons (Fsp3) is 0.250. The maximum atomic E-state index is 14.5. The highest BCUT2D eigenvalue weighted by Gasteiger charge is 2.23. The Bertz CT molecular complexity index is 1310. The Kier molecular flexibility index (Phi) is 7.34. The van der Waals surface area contributed by atoms with Crippen molar-refractivity contribution < 1.29 is 22.3 Å². The zero-order chi connectivity index (χ0) is 24.3. The number of rotatable bonds is 8. The minimum absolute atomic E-state index is 0.0242. The number of hydrogen-bond acceptors (Lipinski definition) is 6. The number of amides is 1. The molecule has 2 aromatic heterocycles. The Morgan fingerprint density at radius 1 is 1.27 bits per heavy atom. The molecule has 0 aliphatic heterocycles. The number of nitrogens with one attached hydrogen (secondary N) is 1. The van der Waals surface area contributed by atoms with Gasteiger partial charge in [-0.3, -0.25) is 4.79 Å². The number of carbonyl (C=O) groups excluding carboxylic acids is 1. The van der Waals surface area contributed by atoms with Crippen LogP contribution < -0.4 is 9.46 Å². The van der Waals surface area contributed by atoms with Crippen LogP contribution in [0.1, 0.15) is 43.4 Å². The third kappa shape index (κ3) is 5.66. The Balaban J connectivity index is 1.99. The number of ether oxygens (including phenoxy) is 1. The number of nitrogens with zero attached hydrogens (tertiary/aromatic N) is 1. The lowest BCUT2D eigenvalue weighted by atomic mass is 9.88. The number of thiophene rings is 1. The van der Waals surface area contributed by atoms with E-state index in [1.165, 1.54) is 31.5 Å². The molecule has 6 nitrogen and oxygen atoms in total. The van der Waals surface area contributed by atoms with Crippen LogP contribution in [0.15, 0.2) is 52.7 Å². The standard InChI is InChI=1S/C24H25FN2O4S2/c1-14(2)17-9-24(32-13-17)33(29,30)27-22(28)12-21-19(15(3)4)10-18(25)11-20(21)16-6-7-26-23(8-16)31-5/h6-11,13,15H,1,12H2,2-5H3,(H,27,28). The van der Waals surface area contributed by atoms with Crippen LogP contribution in [0.3, 0.4) is 0 Å². The molecule has 2 heterocycles. The molecule has 9 heteroatoms. The maximum absolute atomic E-state index is 14.5. The van der Waals surface area contributed by atoms with Gasteiger partial charge in [0.25, 0.3) is 10.0 Å². The van der Waals surface area contributed by atoms with Crippen LogP contribution in [0.4, 0.5) is 4.39 Å². The Morgan fingerprint density at radius 3 is 2.61 bits per heavy atom. The van der Waals surface area contributed by atoms with E-state index in [9.17, 15) is 17.6 Å². The van der Waals surface area contributed by atoms with E-state index in [-0.39, 0.29) is 16.5 Å². The Labute approximate surface area is 197 Å². The monoisotopic (exact) mass is 488 g/mol. The highest BCUT2D eigenvalue weighted by molar-refractivity contribution is 7.92. The van der Waals surface area contributed by atoms with Crippen LogP contribution >= 0.6 is 11.3 Å². The third-order valence-electron chi connectivity index (χ3n) is 5.04. The molecule has 0 aliphatic carbocycles. The van der Waals surface area contributed by atoms with Gasteiger partial charge in [0.05, 0.1) is 13.5 Å². The lowest BCUT2D eigenvalue weighted by Crippen LogP contribution is -2.31. The summed E-state index contributed by atoms with van der Waals surface area (Å²) in [4.78, 5) is 16.9. The summed E-state index contributed by atoms with van der Waals surface area (Å²) in [5.41, 5.74) is 3.67. The smallest absolute Gasteiger partial charge is 0.273 e. The van der Waals surface area contributed by atoms with E-state index in [0.717, 1.165) is 16.9 Å². The van der Waals surface area contributed by atoms with Crippen molar-refractivity contribution in [3.8, 4) is 17.0 Å². The molecule has 33 heavy (non-hydrogen) atoms. The summed E-state index contributed by atoms with van der Waals surface area (Å²) < 4.78 is 47.3. The maximum Gasteiger partial charge on any atom is 0.273 e. The highest BCUT2D eigenvalue weighted by Crippen LogP contribution is 2.33. The van der Waals surface area contributed by atoms with E-state index in [4.69, 9.17) is 4.74 Å². The fourth-order valence-electron chi connectivity index (χ4n) is 3.39. The van der Waals surface area contributed by atoms with Gasteiger partial charge in [0.2, 0.25) is 11.8 Å². The molecule has 3 aromatic rings. The summed E-state index contributed by atoms with van der Waals surface area (Å²) in [6, 6.07) is 7.51. The average molecular weight is 489 g/mol. The number of methoxy groups -OCH3 is 1. The first-order chi connectivity index (χ1) is 15.5. The molecule has 3 rings (SSSR count). The van der Waals surface area contributed by atoms with Gasteiger partial charge in [-0.05, 0) is 70.3 Å². The van der Waals surface area contributed by atoms with Crippen molar-refractivity contribution in [2.75, 3.05) is 7.11 Å². The first kappa shape index (κ1) is 24.6. The van der Waals surface area contributed by atoms with Gasteiger partial charge in [-0.1, -0.05) is 26.0 Å². The number of hydrogen-bond donors (Lipinski definition) is 1. The second-order valence-electron chi connectivity index (χ2n) is 7.90. The normalized spacial score (nSPS) is 11.5. The Morgan fingerprint density at radius 2 is 2.00 bits per heavy atom. The van der Waals surface area contributed by atoms with Crippen molar-refractivity contribution in [2.45, 2.75) is 37.3 Å². The number of halogens is 1. The third-order valence-corrected chi connectivity index (χ3v) is 7.86. The van der Waals surface area contributed by atoms with Crippen molar-refractivity contribution in [1.29, 1.82) is 0 Å². The summed E-state index contributed by atoms with van der Waals surface area (Å²) >= 11 is 1.01. The molecule has 1 amide bonds. The number of aromatic nitrogens is 1. The van der Waals surface area contributed by atoms with Gasteiger partial charge in [-0.2, -0.15) is 0 Å². The molecule has 1 aromatic carbocycles. The van der Waals surface area contributed by atoms with E-state index >= 15 is 0 Å². The van der Waals surface area contributed by atoms with Crippen molar-refractivity contribution >= 4 is 32.8 Å². The second-order valence-corrected chi connectivity index (χ2v) is 10.7. The molecule has 0 radical (unpaired) electrons. The molecule has 174 valence electrons. The van der Waals surface area contributed by atoms with E-state index in [2.05, 4.69) is 16.3 Å². The molecule has 0 fully saturated rings. The fourth-order valence-corrected chi connectivity index (χ4v) is 5.63. The minimum Gasteiger partial charge on any atom is -0.481 e. The molecular formula is C24H25FN2O4S2. The molecule has 0 saturated carbocycles. The largest absolute Gasteiger partial charge is 0.481 e. The van der Waals surface area contributed by atoms with Crippen molar-refractivity contribution in [3.05, 3.63) is 71.0 Å². The number of benzene rings is 1. The average Bonchev–Trinajstić information content (AvgIpc) is 3.26. The van der Waals surface area contributed by atoms with Crippen LogP contribution in [0, 0.1) is 5.82 Å². The van der Waals surface area contributed by atoms with Gasteiger partial charge in [-0.25, -0.2) is 22.5 Å². The van der Waals surface area contributed by atoms with Crippen molar-refractivity contribution in [2.24, 2.45) is 0 Å². The number of carbonyl (C=O) groups is 1. The molecule has 1 N–H and O–H groups in total. The van der Waals surface area contributed by atoms with E-state index < -0.39 is 21.7 Å². The molecule has 0 atom stereocenters. The van der Waals surface area contributed by atoms with Crippen LogP contribution in [-0.4, -0.2) is 26.4 Å². The number of pyridine rings is 1. The predicted molar refractivity (Wildman–Crippen MR) is 128 cm³/mol. The first-order valence-corrected chi connectivity index (χ1v) is 12.5. The molecular weight excluding hydrogens is 463 g/mol. The Hall–Kier alpha value is -3.04. The summed E-state index contributed by atoms with van der Waals surface area (Å²) in [6.45, 7) is 9.34. The summed E-state index contributed by atoms with van der Waals surface area (Å²) in [5.74, 6) is -0.923. The van der Waals surface area contributed by atoms with E-state index in [1.54, 1.807) is 24.4 Å². The number of allylic oxidation sites excluding steroid dienone is 1. The zero-order valence-corrected chi connectivity index (χ0v) is 20.4. The van der Waals surface area contributed by atoms with Crippen LogP contribution in [0.5, 0.6) is 5.88 Å². The van der Waals surface area contributed by atoms with Gasteiger partial charge in [-0.15, -0.1) is 11.3 Å². The first-order valence-electron chi connectivity index (χ1n) is 10.1. The van der Waals surface area contributed by atoms with Gasteiger partial charge in [0, 0.05) is 12.3 Å². The van der Waals surface area contributed by atoms with Crippen LogP contribution in [0.2, 0.25) is 0 Å². The van der Waals surface area contributed by atoms with Crippen LogP contribution in [0.25, 0.3) is 16.7 Å². The molecule has 0 spiro atoms. The van der Waals surface area contributed by atoms with E-state index in [0.29, 0.717) is 33.7 Å². The quantitative estimate of drug-likeness (QED) is 0.473. The van der Waals surface area contributed by atoms with E-state index in [1.807, 2.05) is 13.8 Å². The van der Waals surface area contributed by atoms with Gasteiger partial charge < -0.3 is 4.74 Å². The molecule has 0 aliphatic rings. The highest BCUT2D eigenvalue weighted by atomic mass is 32.2. The molecule has 0 unspecified atom stereocenters. The summed E-state index contributed by atoms with van der Waals surface area (Å²) in [5, 5.41) is 1.67. The lowest BCUT2D eigenvalue weighted by molar-refractivity contribution is -0.118. The lowest BCUT2D eigenvalue weighted by Gasteiger charge is -2.18. The van der Waals surface area contributed by atoms with Crippen LogP contribution in [-0.2, 0) is 21.2 Å². The number of sulfonamides is 1.